The van der Waals surface area contributed by atoms with Gasteiger partial charge in [0.15, 0.2) is 5.82 Å². The van der Waals surface area contributed by atoms with E-state index in [4.69, 9.17) is 16.3 Å². The second-order valence-corrected chi connectivity index (χ2v) is 4.15. The number of hydrogen-bond acceptors (Lipinski definition) is 4. The van der Waals surface area contributed by atoms with E-state index >= 15 is 0 Å². The Hall–Kier alpha value is -1.03. The van der Waals surface area contributed by atoms with E-state index in [9.17, 15) is 0 Å². The van der Waals surface area contributed by atoms with Crippen LogP contribution in [0.4, 0.5) is 5.82 Å². The maximum absolute atomic E-state index is 5.94. The van der Waals surface area contributed by atoms with E-state index < -0.39 is 0 Å². The molecular formula is C9H12ClN3O. The van der Waals surface area contributed by atoms with Gasteiger partial charge in [-0.3, -0.25) is 0 Å². The number of nitrogens with zero attached hydrogens (tertiary/aromatic N) is 2. The lowest BCUT2D eigenvalue weighted by molar-refractivity contribution is 0.380. The predicted molar refractivity (Wildman–Crippen MR) is 54.9 cm³/mol. The fraction of sp³-hybridized carbons (Fsp3) is 0.556. The highest BCUT2D eigenvalue weighted by Crippen LogP contribution is 2.39. The van der Waals surface area contributed by atoms with Gasteiger partial charge in [-0.1, -0.05) is 11.6 Å². The van der Waals surface area contributed by atoms with Gasteiger partial charge in [-0.25, -0.2) is 4.98 Å². The van der Waals surface area contributed by atoms with Crippen molar-refractivity contribution in [2.24, 2.45) is 0 Å². The Kier molecular flexibility index (Phi) is 2.23. The van der Waals surface area contributed by atoms with E-state index in [-0.39, 0.29) is 5.54 Å². The molecule has 0 aliphatic heterocycles. The quantitative estimate of drug-likeness (QED) is 0.836. The Balaban J connectivity index is 2.22. The number of aromatic nitrogens is 2. The Bertz CT molecular complexity index is 352. The molecule has 0 aromatic carbocycles. The monoisotopic (exact) mass is 213 g/mol. The zero-order valence-electron chi connectivity index (χ0n) is 8.17. The number of rotatable bonds is 3. The van der Waals surface area contributed by atoms with Crippen molar-refractivity contribution in [3.8, 4) is 6.01 Å². The third kappa shape index (κ3) is 1.90. The molecular weight excluding hydrogens is 202 g/mol. The Morgan fingerprint density at radius 2 is 2.29 bits per heavy atom. The Labute approximate surface area is 87.7 Å². The smallest absolute Gasteiger partial charge is 0.318 e. The minimum Gasteiger partial charge on any atom is -0.467 e. The van der Waals surface area contributed by atoms with Gasteiger partial charge in [0, 0.05) is 5.54 Å². The maximum Gasteiger partial charge on any atom is 0.318 e. The van der Waals surface area contributed by atoms with Crippen LogP contribution < -0.4 is 10.1 Å². The van der Waals surface area contributed by atoms with Crippen molar-refractivity contribution < 1.29 is 4.74 Å². The topological polar surface area (TPSA) is 47.0 Å². The number of anilines is 1. The minimum absolute atomic E-state index is 0.156. The van der Waals surface area contributed by atoms with Crippen molar-refractivity contribution in [3.05, 3.63) is 11.2 Å². The van der Waals surface area contributed by atoms with E-state index in [0.717, 1.165) is 12.8 Å². The molecule has 1 fully saturated rings. The molecule has 4 nitrogen and oxygen atoms in total. The van der Waals surface area contributed by atoms with Gasteiger partial charge in [0.05, 0.1) is 13.3 Å². The minimum atomic E-state index is 0.156. The van der Waals surface area contributed by atoms with Crippen LogP contribution in [0.5, 0.6) is 6.01 Å². The number of methoxy groups -OCH3 is 1. The van der Waals surface area contributed by atoms with Crippen LogP contribution in [0.25, 0.3) is 0 Å². The van der Waals surface area contributed by atoms with Gasteiger partial charge in [-0.15, -0.1) is 0 Å². The second-order valence-electron chi connectivity index (χ2n) is 3.74. The fourth-order valence-electron chi connectivity index (χ4n) is 1.14. The van der Waals surface area contributed by atoms with Crippen molar-refractivity contribution in [1.82, 2.24) is 9.97 Å². The molecule has 0 bridgehead atoms. The Morgan fingerprint density at radius 1 is 1.57 bits per heavy atom. The molecule has 76 valence electrons. The number of halogens is 1. The van der Waals surface area contributed by atoms with E-state index in [1.807, 2.05) is 0 Å². The highest BCUT2D eigenvalue weighted by atomic mass is 35.5. The standard InChI is InChI=1S/C9H12ClN3O/c1-9(3-4-9)13-7-6(10)5-11-8(12-7)14-2/h5H,3-4H2,1-2H3,(H,11,12,13). The van der Waals surface area contributed by atoms with Crippen LogP contribution in [0, 0.1) is 0 Å². The maximum atomic E-state index is 5.94. The zero-order valence-corrected chi connectivity index (χ0v) is 8.93. The summed E-state index contributed by atoms with van der Waals surface area (Å²) in [4.78, 5) is 8.04. The van der Waals surface area contributed by atoms with Gasteiger partial charge in [0.25, 0.3) is 0 Å². The van der Waals surface area contributed by atoms with Crippen LogP contribution >= 0.6 is 11.6 Å². The molecule has 0 spiro atoms. The molecule has 1 heterocycles. The average molecular weight is 214 g/mol. The van der Waals surface area contributed by atoms with Crippen molar-refractivity contribution in [3.63, 3.8) is 0 Å². The third-order valence-electron chi connectivity index (χ3n) is 2.32. The molecule has 1 N–H and O–H groups in total. The molecule has 0 unspecified atom stereocenters. The molecule has 0 radical (unpaired) electrons. The van der Waals surface area contributed by atoms with Crippen LogP contribution in [0.3, 0.4) is 0 Å². The lowest BCUT2D eigenvalue weighted by Gasteiger charge is -2.13. The first-order valence-electron chi connectivity index (χ1n) is 4.48. The molecule has 1 saturated carbocycles. The molecule has 2 rings (SSSR count). The summed E-state index contributed by atoms with van der Waals surface area (Å²) in [5.74, 6) is 0.651. The summed E-state index contributed by atoms with van der Waals surface area (Å²) < 4.78 is 4.92. The fourth-order valence-corrected chi connectivity index (χ4v) is 1.27. The average Bonchev–Trinajstić information content (AvgIpc) is 2.88. The highest BCUT2D eigenvalue weighted by molar-refractivity contribution is 6.32. The van der Waals surface area contributed by atoms with Crippen molar-refractivity contribution in [2.45, 2.75) is 25.3 Å². The van der Waals surface area contributed by atoms with Gasteiger partial charge in [0.2, 0.25) is 0 Å². The first-order valence-corrected chi connectivity index (χ1v) is 4.85. The first-order chi connectivity index (χ1) is 6.63. The SMILES string of the molecule is COc1ncc(Cl)c(NC2(C)CC2)n1. The van der Waals surface area contributed by atoms with E-state index in [0.29, 0.717) is 16.9 Å². The summed E-state index contributed by atoms with van der Waals surface area (Å²) in [6.45, 7) is 2.14. The molecule has 5 heteroatoms. The normalized spacial score (nSPS) is 17.6. The number of nitrogens with one attached hydrogen (secondary N) is 1. The highest BCUT2D eigenvalue weighted by Gasteiger charge is 2.38. The van der Waals surface area contributed by atoms with Crippen LogP contribution in [0.1, 0.15) is 19.8 Å². The van der Waals surface area contributed by atoms with Gasteiger partial charge >= 0.3 is 6.01 Å². The van der Waals surface area contributed by atoms with Gasteiger partial charge < -0.3 is 10.1 Å². The summed E-state index contributed by atoms with van der Waals surface area (Å²) in [6.07, 6.45) is 3.84. The molecule has 0 amide bonds. The van der Waals surface area contributed by atoms with Gasteiger partial charge in [0.1, 0.15) is 5.02 Å². The first kappa shape index (κ1) is 9.52. The largest absolute Gasteiger partial charge is 0.467 e. The summed E-state index contributed by atoms with van der Waals surface area (Å²) >= 11 is 5.94. The molecule has 14 heavy (non-hydrogen) atoms. The van der Waals surface area contributed by atoms with E-state index in [1.54, 1.807) is 6.20 Å². The molecule has 1 aromatic heterocycles. The van der Waals surface area contributed by atoms with Crippen LogP contribution in [0.15, 0.2) is 6.20 Å². The molecule has 1 aliphatic carbocycles. The summed E-state index contributed by atoms with van der Waals surface area (Å²) in [5, 5.41) is 3.80. The third-order valence-corrected chi connectivity index (χ3v) is 2.60. The van der Waals surface area contributed by atoms with Crippen molar-refractivity contribution >= 4 is 17.4 Å². The van der Waals surface area contributed by atoms with Crippen molar-refractivity contribution in [2.75, 3.05) is 12.4 Å². The van der Waals surface area contributed by atoms with Gasteiger partial charge in [-0.2, -0.15) is 4.98 Å². The lowest BCUT2D eigenvalue weighted by Crippen LogP contribution is -2.17. The summed E-state index contributed by atoms with van der Waals surface area (Å²) in [5.41, 5.74) is 0.156. The second kappa shape index (κ2) is 3.28. The number of ether oxygens (including phenoxy) is 1. The van der Waals surface area contributed by atoms with Crippen LogP contribution in [0.2, 0.25) is 5.02 Å². The Morgan fingerprint density at radius 3 is 2.86 bits per heavy atom. The summed E-state index contributed by atoms with van der Waals surface area (Å²) in [7, 11) is 1.53. The van der Waals surface area contributed by atoms with Crippen LogP contribution in [-0.4, -0.2) is 22.6 Å². The predicted octanol–water partition coefficient (Wildman–Crippen LogP) is 2.10. The van der Waals surface area contributed by atoms with Crippen molar-refractivity contribution in [1.29, 1.82) is 0 Å². The van der Waals surface area contributed by atoms with E-state index in [1.165, 1.54) is 7.11 Å². The number of hydrogen-bond donors (Lipinski definition) is 1. The van der Waals surface area contributed by atoms with Gasteiger partial charge in [-0.05, 0) is 19.8 Å². The molecule has 1 aliphatic rings. The molecule has 1 aromatic rings. The van der Waals surface area contributed by atoms with E-state index in [2.05, 4.69) is 22.2 Å². The lowest BCUT2D eigenvalue weighted by atomic mass is 10.3. The zero-order chi connectivity index (χ0) is 10.2. The molecule has 0 atom stereocenters. The summed E-state index contributed by atoms with van der Waals surface area (Å²) in [6, 6.07) is 0.334. The molecule has 0 saturated heterocycles. The van der Waals surface area contributed by atoms with Crippen LogP contribution in [-0.2, 0) is 0 Å².